The molecule has 1 saturated heterocycles. The molecule has 0 N–H and O–H groups in total. The summed E-state index contributed by atoms with van der Waals surface area (Å²) in [6, 6.07) is 12.6. The van der Waals surface area contributed by atoms with Gasteiger partial charge in [-0.3, -0.25) is 9.67 Å². The number of hydrogen-bond donors (Lipinski definition) is 0. The zero-order valence-electron chi connectivity index (χ0n) is 16.3. The first-order chi connectivity index (χ1) is 13.7. The Labute approximate surface area is 164 Å². The molecule has 3 aromatic heterocycles. The molecule has 28 heavy (non-hydrogen) atoms. The number of anilines is 1. The van der Waals surface area contributed by atoms with Crippen LogP contribution in [0.1, 0.15) is 18.4 Å². The maximum absolute atomic E-state index is 5.07. The summed E-state index contributed by atoms with van der Waals surface area (Å²) in [5, 5.41) is 5.48. The lowest BCUT2D eigenvalue weighted by molar-refractivity contribution is 0.768. The van der Waals surface area contributed by atoms with Crippen LogP contribution in [0.15, 0.2) is 55.0 Å². The zero-order valence-corrected chi connectivity index (χ0v) is 16.3. The number of aromatic nitrogens is 4. The molecule has 5 rings (SSSR count). The molecule has 5 heteroatoms. The molecule has 0 atom stereocenters. The smallest absolute Gasteiger partial charge is 0.0766 e. The Bertz CT molecular complexity index is 1140. The van der Waals surface area contributed by atoms with Gasteiger partial charge in [-0.15, -0.1) is 0 Å². The van der Waals surface area contributed by atoms with Gasteiger partial charge in [0.2, 0.25) is 0 Å². The second-order valence-corrected chi connectivity index (χ2v) is 7.47. The van der Waals surface area contributed by atoms with Gasteiger partial charge in [0.1, 0.15) is 0 Å². The van der Waals surface area contributed by atoms with Crippen LogP contribution < -0.4 is 4.90 Å². The molecule has 0 bridgehead atoms. The number of benzene rings is 1. The highest BCUT2D eigenvalue weighted by Crippen LogP contribution is 2.36. The van der Waals surface area contributed by atoms with Crippen LogP contribution in [0, 0.1) is 6.92 Å². The molecule has 1 aromatic carbocycles. The molecule has 0 amide bonds. The van der Waals surface area contributed by atoms with E-state index in [1.54, 1.807) is 0 Å². The molecule has 1 aliphatic heterocycles. The molecular formula is C23H23N5. The summed E-state index contributed by atoms with van der Waals surface area (Å²) in [6.45, 7) is 4.45. The minimum Gasteiger partial charge on any atom is -0.371 e. The van der Waals surface area contributed by atoms with Gasteiger partial charge in [0, 0.05) is 54.7 Å². The largest absolute Gasteiger partial charge is 0.371 e. The van der Waals surface area contributed by atoms with Gasteiger partial charge in [-0.05, 0) is 49.6 Å². The van der Waals surface area contributed by atoms with Gasteiger partial charge in [-0.2, -0.15) is 5.10 Å². The van der Waals surface area contributed by atoms with E-state index in [1.165, 1.54) is 24.1 Å². The van der Waals surface area contributed by atoms with Crippen molar-refractivity contribution in [1.82, 2.24) is 19.7 Å². The Kier molecular flexibility index (Phi) is 4.08. The second kappa shape index (κ2) is 6.75. The van der Waals surface area contributed by atoms with Crippen LogP contribution in [0.5, 0.6) is 0 Å². The first-order valence-corrected chi connectivity index (χ1v) is 9.80. The lowest BCUT2D eigenvalue weighted by Crippen LogP contribution is -2.18. The van der Waals surface area contributed by atoms with Crippen molar-refractivity contribution in [2.45, 2.75) is 19.8 Å². The van der Waals surface area contributed by atoms with Crippen LogP contribution in [-0.4, -0.2) is 32.8 Å². The predicted molar refractivity (Wildman–Crippen MR) is 113 cm³/mol. The van der Waals surface area contributed by atoms with Crippen molar-refractivity contribution in [1.29, 1.82) is 0 Å². The molecule has 0 radical (unpaired) electrons. The third-order valence-electron chi connectivity index (χ3n) is 5.59. The Hall–Kier alpha value is -3.21. The quantitative estimate of drug-likeness (QED) is 0.529. The molecule has 0 unspecified atom stereocenters. The van der Waals surface area contributed by atoms with Crippen LogP contribution >= 0.6 is 0 Å². The number of hydrogen-bond acceptors (Lipinski definition) is 4. The number of fused-ring (bicyclic) bond motifs is 1. The van der Waals surface area contributed by atoms with E-state index in [4.69, 9.17) is 4.98 Å². The van der Waals surface area contributed by atoms with Crippen molar-refractivity contribution in [3.63, 3.8) is 0 Å². The summed E-state index contributed by atoms with van der Waals surface area (Å²) in [5.74, 6) is 0. The predicted octanol–water partition coefficient (Wildman–Crippen LogP) is 4.61. The van der Waals surface area contributed by atoms with E-state index in [2.05, 4.69) is 46.2 Å². The summed E-state index contributed by atoms with van der Waals surface area (Å²) in [5.41, 5.74) is 7.62. The monoisotopic (exact) mass is 369 g/mol. The van der Waals surface area contributed by atoms with Crippen LogP contribution in [0.3, 0.4) is 0 Å². The zero-order chi connectivity index (χ0) is 19.1. The molecule has 140 valence electrons. The van der Waals surface area contributed by atoms with Gasteiger partial charge in [-0.25, -0.2) is 4.98 Å². The SMILES string of the molecule is Cc1c(N2CCCC2)ccc2c(-c3ccccn3)cc(-c3cnn(C)c3)nc12. The molecule has 4 heterocycles. The Morgan fingerprint density at radius 3 is 2.57 bits per heavy atom. The van der Waals surface area contributed by atoms with Crippen molar-refractivity contribution in [3.8, 4) is 22.5 Å². The summed E-state index contributed by atoms with van der Waals surface area (Å²) in [4.78, 5) is 12.2. The Morgan fingerprint density at radius 2 is 1.86 bits per heavy atom. The highest BCUT2D eigenvalue weighted by atomic mass is 15.2. The van der Waals surface area contributed by atoms with E-state index in [9.17, 15) is 0 Å². The molecule has 4 aromatic rings. The van der Waals surface area contributed by atoms with Crippen LogP contribution in [0.25, 0.3) is 33.4 Å². The number of pyridine rings is 2. The normalized spacial score (nSPS) is 14.1. The number of nitrogens with zero attached hydrogens (tertiary/aromatic N) is 5. The van der Waals surface area contributed by atoms with Crippen LogP contribution in [0.2, 0.25) is 0 Å². The van der Waals surface area contributed by atoms with Gasteiger partial charge in [-0.1, -0.05) is 12.1 Å². The minimum atomic E-state index is 0.933. The molecule has 0 saturated carbocycles. The first-order valence-electron chi connectivity index (χ1n) is 9.80. The fourth-order valence-electron chi connectivity index (χ4n) is 4.15. The van der Waals surface area contributed by atoms with Crippen molar-refractivity contribution >= 4 is 16.6 Å². The van der Waals surface area contributed by atoms with Crippen molar-refractivity contribution in [3.05, 3.63) is 60.6 Å². The van der Waals surface area contributed by atoms with Crippen molar-refractivity contribution in [2.24, 2.45) is 7.05 Å². The van der Waals surface area contributed by atoms with Crippen molar-refractivity contribution in [2.75, 3.05) is 18.0 Å². The maximum Gasteiger partial charge on any atom is 0.0766 e. The molecule has 0 spiro atoms. The highest BCUT2D eigenvalue weighted by molar-refractivity contribution is 5.99. The summed E-state index contributed by atoms with van der Waals surface area (Å²) in [6.07, 6.45) is 8.25. The summed E-state index contributed by atoms with van der Waals surface area (Å²) >= 11 is 0. The molecule has 1 fully saturated rings. The summed E-state index contributed by atoms with van der Waals surface area (Å²) < 4.78 is 1.81. The van der Waals surface area contributed by atoms with Crippen LogP contribution in [0.4, 0.5) is 5.69 Å². The van der Waals surface area contributed by atoms with Gasteiger partial charge in [0.15, 0.2) is 0 Å². The lowest BCUT2D eigenvalue weighted by Gasteiger charge is -2.22. The third kappa shape index (κ3) is 2.83. The first kappa shape index (κ1) is 16.9. The van der Waals surface area contributed by atoms with E-state index >= 15 is 0 Å². The maximum atomic E-state index is 5.07. The number of aryl methyl sites for hydroxylation is 2. The lowest BCUT2D eigenvalue weighted by atomic mass is 9.99. The van der Waals surface area contributed by atoms with Gasteiger partial charge < -0.3 is 4.90 Å². The molecule has 5 nitrogen and oxygen atoms in total. The third-order valence-corrected chi connectivity index (χ3v) is 5.59. The topological polar surface area (TPSA) is 46.8 Å². The average Bonchev–Trinajstić information content (AvgIpc) is 3.40. The summed E-state index contributed by atoms with van der Waals surface area (Å²) in [7, 11) is 1.93. The van der Waals surface area contributed by atoms with Gasteiger partial charge in [0.05, 0.1) is 23.1 Å². The van der Waals surface area contributed by atoms with E-state index in [1.807, 2.05) is 42.5 Å². The van der Waals surface area contributed by atoms with E-state index in [0.29, 0.717) is 0 Å². The fraction of sp³-hybridized carbons (Fsp3) is 0.261. The molecular weight excluding hydrogens is 346 g/mol. The average molecular weight is 369 g/mol. The van der Waals surface area contributed by atoms with E-state index in [-0.39, 0.29) is 0 Å². The minimum absolute atomic E-state index is 0.933. The molecule has 1 aliphatic rings. The Balaban J connectivity index is 1.78. The number of rotatable bonds is 3. The van der Waals surface area contributed by atoms with E-state index < -0.39 is 0 Å². The highest BCUT2D eigenvalue weighted by Gasteiger charge is 2.19. The van der Waals surface area contributed by atoms with Crippen LogP contribution in [-0.2, 0) is 7.05 Å². The van der Waals surface area contributed by atoms with Gasteiger partial charge in [0.25, 0.3) is 0 Å². The second-order valence-electron chi connectivity index (χ2n) is 7.47. The van der Waals surface area contributed by atoms with Crippen molar-refractivity contribution < 1.29 is 0 Å². The van der Waals surface area contributed by atoms with Gasteiger partial charge >= 0.3 is 0 Å². The standard InChI is InChI=1S/C23H23N5/c1-16-22(28-11-5-6-12-28)9-8-18-19(20-7-3-4-10-24-20)13-21(26-23(16)18)17-14-25-27(2)15-17/h3-4,7-10,13-15H,5-6,11-12H2,1-2H3. The Morgan fingerprint density at radius 1 is 1.00 bits per heavy atom. The molecule has 0 aliphatic carbocycles. The fourth-order valence-corrected chi connectivity index (χ4v) is 4.15. The van der Waals surface area contributed by atoms with E-state index in [0.717, 1.165) is 46.5 Å².